The molecule has 0 aliphatic carbocycles. The summed E-state index contributed by atoms with van der Waals surface area (Å²) in [6.07, 6.45) is 3.48. The minimum Gasteiger partial charge on any atom is -0.377 e. The molecule has 1 saturated heterocycles. The molecule has 1 aromatic carbocycles. The zero-order valence-corrected chi connectivity index (χ0v) is 12.7. The normalized spacial score (nSPS) is 18.4. The second-order valence-electron chi connectivity index (χ2n) is 5.59. The summed E-state index contributed by atoms with van der Waals surface area (Å²) in [5.41, 5.74) is 1.38. The fourth-order valence-corrected chi connectivity index (χ4v) is 3.05. The van der Waals surface area contributed by atoms with Crippen LogP contribution in [-0.4, -0.2) is 34.5 Å². The van der Waals surface area contributed by atoms with E-state index >= 15 is 0 Å². The first kappa shape index (κ1) is 14.1. The van der Waals surface area contributed by atoms with E-state index in [1.54, 1.807) is 7.11 Å². The number of nitrogens with zero attached hydrogens (tertiary/aromatic N) is 4. The van der Waals surface area contributed by atoms with Crippen LogP contribution in [-0.2, 0) is 24.8 Å². The molecule has 2 heterocycles. The van der Waals surface area contributed by atoms with E-state index in [2.05, 4.69) is 45.4 Å². The zero-order valence-electron chi connectivity index (χ0n) is 12.7. The zero-order chi connectivity index (χ0) is 14.7. The third-order valence-corrected chi connectivity index (χ3v) is 4.16. The van der Waals surface area contributed by atoms with Crippen molar-refractivity contribution in [3.05, 3.63) is 41.7 Å². The Morgan fingerprint density at radius 3 is 2.81 bits per heavy atom. The maximum Gasteiger partial charge on any atom is 0.227 e. The minimum atomic E-state index is 0.501. The number of anilines is 1. The van der Waals surface area contributed by atoms with Gasteiger partial charge < -0.3 is 9.64 Å². The second-order valence-corrected chi connectivity index (χ2v) is 5.59. The van der Waals surface area contributed by atoms with Gasteiger partial charge in [0.1, 0.15) is 6.61 Å². The maximum atomic E-state index is 5.17. The van der Waals surface area contributed by atoms with Crippen LogP contribution in [0.25, 0.3) is 0 Å². The first-order chi connectivity index (χ1) is 10.3. The van der Waals surface area contributed by atoms with Crippen molar-refractivity contribution < 1.29 is 4.74 Å². The standard InChI is InChI=1S/C16H22N4O/c1-19-15(12-21-2)17-18-16(19)20-10-6-9-14(20)11-13-7-4-3-5-8-13/h3-5,7-8,14H,6,9-12H2,1-2H3. The molecule has 0 saturated carbocycles. The smallest absolute Gasteiger partial charge is 0.227 e. The lowest BCUT2D eigenvalue weighted by Gasteiger charge is -2.25. The predicted octanol–water partition coefficient (Wildman–Crippen LogP) is 2.17. The first-order valence-electron chi connectivity index (χ1n) is 7.47. The Morgan fingerprint density at radius 2 is 2.05 bits per heavy atom. The summed E-state index contributed by atoms with van der Waals surface area (Å²) in [4.78, 5) is 2.39. The number of aromatic nitrogens is 3. The molecule has 0 N–H and O–H groups in total. The summed E-state index contributed by atoms with van der Waals surface area (Å²) in [5.74, 6) is 1.83. The average molecular weight is 286 g/mol. The Hall–Kier alpha value is -1.88. The molecule has 0 radical (unpaired) electrons. The van der Waals surface area contributed by atoms with Crippen LogP contribution in [0.1, 0.15) is 24.2 Å². The maximum absolute atomic E-state index is 5.17. The first-order valence-corrected chi connectivity index (χ1v) is 7.47. The largest absolute Gasteiger partial charge is 0.377 e. The highest BCUT2D eigenvalue weighted by molar-refractivity contribution is 5.35. The molecule has 1 aliphatic heterocycles. The van der Waals surface area contributed by atoms with Crippen LogP contribution in [0.4, 0.5) is 5.95 Å². The van der Waals surface area contributed by atoms with E-state index < -0.39 is 0 Å². The van der Waals surface area contributed by atoms with Gasteiger partial charge in [0.05, 0.1) is 0 Å². The number of hydrogen-bond donors (Lipinski definition) is 0. The van der Waals surface area contributed by atoms with Crippen molar-refractivity contribution >= 4 is 5.95 Å². The molecule has 0 bridgehead atoms. The number of hydrogen-bond acceptors (Lipinski definition) is 4. The summed E-state index contributed by atoms with van der Waals surface area (Å²) in [6, 6.07) is 11.2. The lowest BCUT2D eigenvalue weighted by molar-refractivity contribution is 0.175. The van der Waals surface area contributed by atoms with Crippen LogP contribution in [0, 0.1) is 0 Å². The predicted molar refractivity (Wildman–Crippen MR) is 82.2 cm³/mol. The van der Waals surface area contributed by atoms with Gasteiger partial charge in [-0.25, -0.2) is 0 Å². The van der Waals surface area contributed by atoms with E-state index in [-0.39, 0.29) is 0 Å². The van der Waals surface area contributed by atoms with E-state index in [0.717, 1.165) is 24.7 Å². The molecule has 3 rings (SSSR count). The number of ether oxygens (including phenoxy) is 1. The van der Waals surface area contributed by atoms with Gasteiger partial charge in [0.2, 0.25) is 5.95 Å². The lowest BCUT2D eigenvalue weighted by Crippen LogP contribution is -2.33. The number of rotatable bonds is 5. The van der Waals surface area contributed by atoms with E-state index in [1.807, 2.05) is 11.6 Å². The van der Waals surface area contributed by atoms with Gasteiger partial charge in [-0.15, -0.1) is 10.2 Å². The highest BCUT2D eigenvalue weighted by Crippen LogP contribution is 2.26. The molecule has 112 valence electrons. The van der Waals surface area contributed by atoms with E-state index in [0.29, 0.717) is 12.6 Å². The van der Waals surface area contributed by atoms with E-state index in [1.165, 1.54) is 18.4 Å². The molecule has 1 fully saturated rings. The van der Waals surface area contributed by atoms with Crippen LogP contribution in [0.5, 0.6) is 0 Å². The Kier molecular flexibility index (Phi) is 4.20. The van der Waals surface area contributed by atoms with E-state index in [4.69, 9.17) is 4.74 Å². The third kappa shape index (κ3) is 2.93. The van der Waals surface area contributed by atoms with Gasteiger partial charge in [0.15, 0.2) is 5.82 Å². The van der Waals surface area contributed by atoms with E-state index in [9.17, 15) is 0 Å². The van der Waals surface area contributed by atoms with Crippen LogP contribution in [0.3, 0.4) is 0 Å². The third-order valence-electron chi connectivity index (χ3n) is 4.16. The Balaban J connectivity index is 1.78. The van der Waals surface area contributed by atoms with Gasteiger partial charge >= 0.3 is 0 Å². The second kappa shape index (κ2) is 6.26. The van der Waals surface area contributed by atoms with Gasteiger partial charge in [0, 0.05) is 26.7 Å². The molecule has 1 aromatic heterocycles. The molecule has 0 amide bonds. The van der Waals surface area contributed by atoms with Gasteiger partial charge in [-0.05, 0) is 24.8 Å². The van der Waals surface area contributed by atoms with Crippen molar-refractivity contribution in [3.8, 4) is 0 Å². The van der Waals surface area contributed by atoms with Crippen molar-refractivity contribution in [2.75, 3.05) is 18.6 Å². The molecule has 5 nitrogen and oxygen atoms in total. The average Bonchev–Trinajstić information content (AvgIpc) is 3.08. The highest BCUT2D eigenvalue weighted by Gasteiger charge is 2.28. The molecular formula is C16H22N4O. The summed E-state index contributed by atoms with van der Waals surface area (Å²) in [7, 11) is 3.70. The lowest BCUT2D eigenvalue weighted by atomic mass is 10.0. The summed E-state index contributed by atoms with van der Waals surface area (Å²) < 4.78 is 7.21. The molecule has 1 unspecified atom stereocenters. The molecule has 1 aliphatic rings. The minimum absolute atomic E-state index is 0.501. The quantitative estimate of drug-likeness (QED) is 0.845. The molecule has 2 aromatic rings. The van der Waals surface area contributed by atoms with Crippen molar-refractivity contribution in [2.45, 2.75) is 31.9 Å². The van der Waals surface area contributed by atoms with Gasteiger partial charge in [-0.3, -0.25) is 4.57 Å². The fraction of sp³-hybridized carbons (Fsp3) is 0.500. The fourth-order valence-electron chi connectivity index (χ4n) is 3.05. The number of benzene rings is 1. The Labute approximate surface area is 125 Å². The van der Waals surface area contributed by atoms with Crippen molar-refractivity contribution in [2.24, 2.45) is 7.05 Å². The summed E-state index contributed by atoms with van der Waals surface area (Å²) in [6.45, 7) is 1.55. The van der Waals surface area contributed by atoms with Crippen LogP contribution in [0.2, 0.25) is 0 Å². The molecule has 21 heavy (non-hydrogen) atoms. The Bertz CT molecular complexity index is 581. The molecule has 5 heteroatoms. The molecule has 1 atom stereocenters. The van der Waals surface area contributed by atoms with Gasteiger partial charge in [-0.2, -0.15) is 0 Å². The monoisotopic (exact) mass is 286 g/mol. The Morgan fingerprint density at radius 1 is 1.24 bits per heavy atom. The van der Waals surface area contributed by atoms with Crippen molar-refractivity contribution in [1.29, 1.82) is 0 Å². The van der Waals surface area contributed by atoms with Crippen LogP contribution in [0.15, 0.2) is 30.3 Å². The van der Waals surface area contributed by atoms with Crippen LogP contribution >= 0.6 is 0 Å². The van der Waals surface area contributed by atoms with Crippen LogP contribution < -0.4 is 4.90 Å². The SMILES string of the molecule is COCc1nnc(N2CCCC2Cc2ccccc2)n1C. The van der Waals surface area contributed by atoms with Crippen molar-refractivity contribution in [1.82, 2.24) is 14.8 Å². The highest BCUT2D eigenvalue weighted by atomic mass is 16.5. The van der Waals surface area contributed by atoms with Gasteiger partial charge in [0.25, 0.3) is 0 Å². The summed E-state index contributed by atoms with van der Waals surface area (Å²) in [5, 5.41) is 8.60. The molecule has 0 spiro atoms. The number of methoxy groups -OCH3 is 1. The van der Waals surface area contributed by atoms with Crippen molar-refractivity contribution in [3.63, 3.8) is 0 Å². The summed E-state index contributed by atoms with van der Waals surface area (Å²) >= 11 is 0. The molecular weight excluding hydrogens is 264 g/mol. The topological polar surface area (TPSA) is 43.2 Å². The van der Waals surface area contributed by atoms with Gasteiger partial charge in [-0.1, -0.05) is 30.3 Å².